The van der Waals surface area contributed by atoms with Crippen LogP contribution in [0, 0.1) is 0 Å². The van der Waals surface area contributed by atoms with Gasteiger partial charge in [-0.25, -0.2) is 9.78 Å². The van der Waals surface area contributed by atoms with E-state index in [1.165, 1.54) is 0 Å². The largest absolute Gasteiger partial charge is 0.481 e. The van der Waals surface area contributed by atoms with Crippen LogP contribution < -0.4 is 10.1 Å². The SMILES string of the molecule is CCN1CCC2CCC(C1)N2C(=O)NCc1cccc(OC)n1. The molecular weight excluding hydrogens is 292 g/mol. The van der Waals surface area contributed by atoms with Crippen LogP contribution in [0.5, 0.6) is 5.88 Å². The fourth-order valence-corrected chi connectivity index (χ4v) is 3.69. The molecule has 0 aromatic carbocycles. The molecule has 0 radical (unpaired) electrons. The van der Waals surface area contributed by atoms with Gasteiger partial charge in [0.05, 0.1) is 19.3 Å². The lowest BCUT2D eigenvalue weighted by molar-refractivity contribution is 0.170. The summed E-state index contributed by atoms with van der Waals surface area (Å²) in [4.78, 5) is 21.5. The molecule has 2 aliphatic rings. The van der Waals surface area contributed by atoms with Crippen LogP contribution in [0.2, 0.25) is 0 Å². The zero-order chi connectivity index (χ0) is 16.2. The number of likely N-dealkylation sites (N-methyl/N-ethyl adjacent to an activating group) is 1. The third kappa shape index (κ3) is 3.58. The van der Waals surface area contributed by atoms with Gasteiger partial charge in [-0.3, -0.25) is 0 Å². The topological polar surface area (TPSA) is 57.7 Å². The molecule has 2 atom stereocenters. The van der Waals surface area contributed by atoms with E-state index in [0.29, 0.717) is 24.5 Å². The number of urea groups is 1. The van der Waals surface area contributed by atoms with Crippen LogP contribution in [0.25, 0.3) is 0 Å². The summed E-state index contributed by atoms with van der Waals surface area (Å²) in [6.45, 7) is 5.78. The Morgan fingerprint density at radius 2 is 2.17 bits per heavy atom. The van der Waals surface area contributed by atoms with E-state index in [9.17, 15) is 4.79 Å². The zero-order valence-corrected chi connectivity index (χ0v) is 14.0. The Labute approximate surface area is 137 Å². The second-order valence-corrected chi connectivity index (χ2v) is 6.30. The fraction of sp³-hybridized carbons (Fsp3) is 0.647. The first kappa shape index (κ1) is 16.1. The van der Waals surface area contributed by atoms with Crippen molar-refractivity contribution in [2.24, 2.45) is 0 Å². The van der Waals surface area contributed by atoms with Gasteiger partial charge in [0.2, 0.25) is 5.88 Å². The molecule has 6 nitrogen and oxygen atoms in total. The Bertz CT molecular complexity index is 551. The van der Waals surface area contributed by atoms with E-state index in [1.54, 1.807) is 13.2 Å². The number of nitrogens with one attached hydrogen (secondary N) is 1. The Hall–Kier alpha value is -1.82. The van der Waals surface area contributed by atoms with Crippen molar-refractivity contribution in [1.29, 1.82) is 0 Å². The van der Waals surface area contributed by atoms with Gasteiger partial charge in [-0.15, -0.1) is 0 Å². The first-order valence-corrected chi connectivity index (χ1v) is 8.49. The molecule has 1 N–H and O–H groups in total. The molecular formula is C17H26N4O2. The molecule has 0 saturated carbocycles. The van der Waals surface area contributed by atoms with Crippen LogP contribution in [0.1, 0.15) is 31.9 Å². The molecule has 2 saturated heterocycles. The average Bonchev–Trinajstić information content (AvgIpc) is 2.87. The van der Waals surface area contributed by atoms with Crippen LogP contribution in [-0.4, -0.2) is 59.6 Å². The van der Waals surface area contributed by atoms with E-state index < -0.39 is 0 Å². The van der Waals surface area contributed by atoms with Gasteiger partial charge in [-0.2, -0.15) is 0 Å². The first-order valence-electron chi connectivity index (χ1n) is 8.49. The summed E-state index contributed by atoms with van der Waals surface area (Å²) in [5.74, 6) is 0.574. The lowest BCUT2D eigenvalue weighted by Gasteiger charge is -2.28. The molecule has 1 aromatic rings. The van der Waals surface area contributed by atoms with Crippen LogP contribution in [-0.2, 0) is 6.54 Å². The van der Waals surface area contributed by atoms with E-state index in [0.717, 1.165) is 44.6 Å². The van der Waals surface area contributed by atoms with Crippen molar-refractivity contribution in [2.75, 3.05) is 26.7 Å². The van der Waals surface area contributed by atoms with Crippen molar-refractivity contribution in [3.05, 3.63) is 23.9 Å². The molecule has 0 spiro atoms. The highest BCUT2D eigenvalue weighted by Gasteiger charge is 2.39. The summed E-state index contributed by atoms with van der Waals surface area (Å²) in [6, 6.07) is 6.37. The number of pyridine rings is 1. The standard InChI is InChI=1S/C17H26N4O2/c1-3-20-10-9-14-7-8-15(12-20)21(14)17(22)18-11-13-5-4-6-16(19-13)23-2/h4-6,14-15H,3,7-12H2,1-2H3,(H,18,22). The molecule has 0 aliphatic carbocycles. The summed E-state index contributed by atoms with van der Waals surface area (Å²) >= 11 is 0. The van der Waals surface area contributed by atoms with E-state index in [2.05, 4.69) is 27.0 Å². The zero-order valence-electron chi connectivity index (χ0n) is 14.0. The second-order valence-electron chi connectivity index (χ2n) is 6.30. The fourth-order valence-electron chi connectivity index (χ4n) is 3.69. The number of rotatable bonds is 4. The number of ether oxygens (including phenoxy) is 1. The highest BCUT2D eigenvalue weighted by atomic mass is 16.5. The Morgan fingerprint density at radius 3 is 2.96 bits per heavy atom. The smallest absolute Gasteiger partial charge is 0.318 e. The Kier molecular flexibility index (Phi) is 5.00. The number of amides is 2. The van der Waals surface area contributed by atoms with E-state index >= 15 is 0 Å². The van der Waals surface area contributed by atoms with Gasteiger partial charge in [0.1, 0.15) is 0 Å². The van der Waals surface area contributed by atoms with Crippen LogP contribution in [0.4, 0.5) is 4.79 Å². The number of fused-ring (bicyclic) bond motifs is 2. The van der Waals surface area contributed by atoms with Crippen molar-refractivity contribution in [3.63, 3.8) is 0 Å². The van der Waals surface area contributed by atoms with Crippen LogP contribution in [0.15, 0.2) is 18.2 Å². The molecule has 126 valence electrons. The normalized spacial score (nSPS) is 24.3. The van der Waals surface area contributed by atoms with E-state index in [1.807, 2.05) is 12.1 Å². The maximum absolute atomic E-state index is 12.7. The summed E-state index contributed by atoms with van der Waals surface area (Å²) < 4.78 is 5.12. The van der Waals surface area contributed by atoms with Gasteiger partial charge in [0, 0.05) is 31.2 Å². The third-order valence-corrected chi connectivity index (χ3v) is 4.96. The molecule has 2 amide bonds. The molecule has 3 heterocycles. The number of likely N-dealkylation sites (tertiary alicyclic amines) is 1. The molecule has 3 rings (SSSR count). The maximum Gasteiger partial charge on any atom is 0.318 e. The van der Waals surface area contributed by atoms with Crippen molar-refractivity contribution in [1.82, 2.24) is 20.1 Å². The minimum Gasteiger partial charge on any atom is -0.481 e. The second kappa shape index (κ2) is 7.17. The van der Waals surface area contributed by atoms with Crippen LogP contribution >= 0.6 is 0 Å². The minimum atomic E-state index is 0.0417. The summed E-state index contributed by atoms with van der Waals surface area (Å²) in [7, 11) is 1.60. The molecule has 2 aliphatic heterocycles. The van der Waals surface area contributed by atoms with Crippen molar-refractivity contribution >= 4 is 6.03 Å². The third-order valence-electron chi connectivity index (χ3n) is 4.96. The number of aromatic nitrogens is 1. The molecule has 23 heavy (non-hydrogen) atoms. The van der Waals surface area contributed by atoms with Gasteiger partial charge in [0.15, 0.2) is 0 Å². The molecule has 6 heteroatoms. The molecule has 2 unspecified atom stereocenters. The predicted molar refractivity (Wildman–Crippen MR) is 88.4 cm³/mol. The average molecular weight is 318 g/mol. The number of hydrogen-bond acceptors (Lipinski definition) is 4. The van der Waals surface area contributed by atoms with Crippen molar-refractivity contribution in [2.45, 2.75) is 44.8 Å². The van der Waals surface area contributed by atoms with E-state index in [-0.39, 0.29) is 6.03 Å². The maximum atomic E-state index is 12.7. The summed E-state index contributed by atoms with van der Waals surface area (Å²) in [5, 5.41) is 3.03. The number of carbonyl (C=O) groups excluding carboxylic acids is 1. The van der Waals surface area contributed by atoms with E-state index in [4.69, 9.17) is 4.74 Å². The van der Waals surface area contributed by atoms with Crippen molar-refractivity contribution in [3.8, 4) is 5.88 Å². The summed E-state index contributed by atoms with van der Waals surface area (Å²) in [6.07, 6.45) is 3.33. The highest BCUT2D eigenvalue weighted by Crippen LogP contribution is 2.30. The van der Waals surface area contributed by atoms with Gasteiger partial charge >= 0.3 is 6.03 Å². The van der Waals surface area contributed by atoms with Crippen LogP contribution in [0.3, 0.4) is 0 Å². The van der Waals surface area contributed by atoms with Gasteiger partial charge in [0.25, 0.3) is 0 Å². The number of methoxy groups -OCH3 is 1. The number of nitrogens with zero attached hydrogens (tertiary/aromatic N) is 3. The van der Waals surface area contributed by atoms with Crippen molar-refractivity contribution < 1.29 is 9.53 Å². The molecule has 2 bridgehead atoms. The lowest BCUT2D eigenvalue weighted by atomic mass is 10.1. The van der Waals surface area contributed by atoms with Gasteiger partial charge in [-0.1, -0.05) is 13.0 Å². The number of hydrogen-bond donors (Lipinski definition) is 1. The molecule has 2 fully saturated rings. The summed E-state index contributed by atoms with van der Waals surface area (Å²) in [5.41, 5.74) is 0.815. The highest BCUT2D eigenvalue weighted by molar-refractivity contribution is 5.75. The van der Waals surface area contributed by atoms with Gasteiger partial charge < -0.3 is 19.9 Å². The minimum absolute atomic E-state index is 0.0417. The quantitative estimate of drug-likeness (QED) is 0.920. The number of carbonyl (C=O) groups is 1. The monoisotopic (exact) mass is 318 g/mol. The first-order chi connectivity index (χ1) is 11.2. The molecule has 1 aromatic heterocycles. The predicted octanol–water partition coefficient (Wildman–Crippen LogP) is 1.86. The Balaban J connectivity index is 1.61. The lowest BCUT2D eigenvalue weighted by Crippen LogP contribution is -2.48. The van der Waals surface area contributed by atoms with Gasteiger partial charge in [-0.05, 0) is 31.9 Å². The Morgan fingerprint density at radius 1 is 1.35 bits per heavy atom.